The van der Waals surface area contributed by atoms with Crippen LogP contribution in [0.1, 0.15) is 5.56 Å². The van der Waals surface area contributed by atoms with Crippen molar-refractivity contribution >= 4 is 23.2 Å². The van der Waals surface area contributed by atoms with E-state index in [1.807, 2.05) is 0 Å². The van der Waals surface area contributed by atoms with Crippen molar-refractivity contribution in [3.05, 3.63) is 27.7 Å². The molecule has 54 valence electrons. The van der Waals surface area contributed by atoms with Crippen LogP contribution in [0.15, 0.2) is 12.1 Å². The first kappa shape index (κ1) is 7.70. The lowest BCUT2D eigenvalue weighted by Gasteiger charge is -1.99. The predicted molar refractivity (Wildman–Crippen MR) is 42.9 cm³/mol. The Labute approximate surface area is 69.2 Å². The number of phenols is 1. The molecule has 1 rings (SSSR count). The lowest BCUT2D eigenvalue weighted by molar-refractivity contribution is 0.471. The summed E-state index contributed by atoms with van der Waals surface area (Å²) in [5.74, 6) is 0.175. The summed E-state index contributed by atoms with van der Waals surface area (Å²) in [6.45, 7) is 1.76. The van der Waals surface area contributed by atoms with Crippen LogP contribution in [0, 0.1) is 6.92 Å². The molecular formula is C7H6Cl2O. The van der Waals surface area contributed by atoms with Crippen LogP contribution in [0.25, 0.3) is 0 Å². The van der Waals surface area contributed by atoms with Crippen LogP contribution < -0.4 is 0 Å². The van der Waals surface area contributed by atoms with Crippen molar-refractivity contribution in [1.82, 2.24) is 0 Å². The largest absolute Gasteiger partial charge is 0.508 e. The summed E-state index contributed by atoms with van der Waals surface area (Å²) in [4.78, 5) is 0. The third-order valence-electron chi connectivity index (χ3n) is 1.24. The number of hydrogen-bond acceptors (Lipinski definition) is 1. The summed E-state index contributed by atoms with van der Waals surface area (Å²) in [7, 11) is 0. The zero-order valence-corrected chi connectivity index (χ0v) is 6.87. The lowest BCUT2D eigenvalue weighted by Crippen LogP contribution is -1.75. The molecule has 1 aromatic rings. The second kappa shape index (κ2) is 2.69. The van der Waals surface area contributed by atoms with E-state index in [9.17, 15) is 0 Å². The van der Waals surface area contributed by atoms with Crippen molar-refractivity contribution in [3.63, 3.8) is 0 Å². The van der Waals surface area contributed by atoms with Gasteiger partial charge in [0.15, 0.2) is 0 Å². The molecule has 0 saturated carbocycles. The van der Waals surface area contributed by atoms with Crippen LogP contribution in [0.4, 0.5) is 0 Å². The normalized spacial score (nSPS) is 9.90. The molecule has 0 radical (unpaired) electrons. The van der Waals surface area contributed by atoms with Crippen molar-refractivity contribution in [2.75, 3.05) is 0 Å². The maximum Gasteiger partial charge on any atom is 0.120 e. The van der Waals surface area contributed by atoms with E-state index >= 15 is 0 Å². The van der Waals surface area contributed by atoms with Gasteiger partial charge in [0.05, 0.1) is 10.0 Å². The van der Waals surface area contributed by atoms with Gasteiger partial charge in [-0.05, 0) is 18.6 Å². The molecule has 1 nitrogen and oxygen atoms in total. The Balaban J connectivity index is 3.28. The first-order valence-corrected chi connectivity index (χ1v) is 3.51. The average molecular weight is 177 g/mol. The molecule has 0 aliphatic rings. The Morgan fingerprint density at radius 1 is 1.20 bits per heavy atom. The highest BCUT2D eigenvalue weighted by molar-refractivity contribution is 6.42. The molecule has 0 bridgehead atoms. The van der Waals surface area contributed by atoms with Gasteiger partial charge < -0.3 is 5.11 Å². The molecule has 0 aliphatic carbocycles. The summed E-state index contributed by atoms with van der Waals surface area (Å²) < 4.78 is 0. The van der Waals surface area contributed by atoms with Crippen molar-refractivity contribution in [2.45, 2.75) is 6.92 Å². The van der Waals surface area contributed by atoms with Crippen LogP contribution in [0.2, 0.25) is 10.0 Å². The Morgan fingerprint density at radius 3 is 2.20 bits per heavy atom. The third kappa shape index (κ3) is 1.36. The molecule has 10 heavy (non-hydrogen) atoms. The molecule has 0 amide bonds. The minimum absolute atomic E-state index is 0.175. The van der Waals surface area contributed by atoms with Crippen LogP contribution in [0.5, 0.6) is 5.75 Å². The molecule has 0 aliphatic heterocycles. The fraction of sp³-hybridized carbons (Fsp3) is 0.143. The Bertz CT molecular complexity index is 208. The van der Waals surface area contributed by atoms with Gasteiger partial charge in [-0.2, -0.15) is 0 Å². The van der Waals surface area contributed by atoms with Gasteiger partial charge in [0.25, 0.3) is 0 Å². The van der Waals surface area contributed by atoms with Gasteiger partial charge in [-0.3, -0.25) is 0 Å². The number of aryl methyl sites for hydroxylation is 1. The van der Waals surface area contributed by atoms with Crippen LogP contribution in [-0.4, -0.2) is 5.11 Å². The second-order valence-corrected chi connectivity index (χ2v) is 2.87. The van der Waals surface area contributed by atoms with Crippen molar-refractivity contribution in [3.8, 4) is 5.75 Å². The van der Waals surface area contributed by atoms with E-state index < -0.39 is 0 Å². The highest BCUT2D eigenvalue weighted by Gasteiger charge is 2.01. The number of phenolic OH excluding ortho intramolecular Hbond substituents is 1. The van der Waals surface area contributed by atoms with Crippen LogP contribution in [0.3, 0.4) is 0 Å². The highest BCUT2D eigenvalue weighted by atomic mass is 35.5. The van der Waals surface area contributed by atoms with Gasteiger partial charge in [0.2, 0.25) is 0 Å². The van der Waals surface area contributed by atoms with E-state index in [0.717, 1.165) is 5.56 Å². The number of hydrogen-bond donors (Lipinski definition) is 1. The zero-order valence-electron chi connectivity index (χ0n) is 5.36. The van der Waals surface area contributed by atoms with Crippen molar-refractivity contribution in [2.24, 2.45) is 0 Å². The van der Waals surface area contributed by atoms with E-state index in [1.165, 1.54) is 6.07 Å². The smallest absolute Gasteiger partial charge is 0.120 e. The van der Waals surface area contributed by atoms with E-state index in [0.29, 0.717) is 10.0 Å². The SMILES string of the molecule is Cc1cc(Cl)c(Cl)cc1O. The average Bonchev–Trinajstić information content (AvgIpc) is 1.84. The predicted octanol–water partition coefficient (Wildman–Crippen LogP) is 3.01. The second-order valence-electron chi connectivity index (χ2n) is 2.05. The zero-order chi connectivity index (χ0) is 7.72. The van der Waals surface area contributed by atoms with Crippen molar-refractivity contribution in [1.29, 1.82) is 0 Å². The van der Waals surface area contributed by atoms with E-state index in [2.05, 4.69) is 0 Å². The van der Waals surface area contributed by atoms with Gasteiger partial charge >= 0.3 is 0 Å². The third-order valence-corrected chi connectivity index (χ3v) is 1.96. The molecule has 0 saturated heterocycles. The van der Waals surface area contributed by atoms with E-state index in [1.54, 1.807) is 13.0 Å². The topological polar surface area (TPSA) is 20.2 Å². The van der Waals surface area contributed by atoms with Crippen LogP contribution in [-0.2, 0) is 0 Å². The first-order valence-electron chi connectivity index (χ1n) is 2.76. The number of rotatable bonds is 0. The molecule has 0 atom stereocenters. The quantitative estimate of drug-likeness (QED) is 0.645. The number of benzene rings is 1. The van der Waals surface area contributed by atoms with Crippen molar-refractivity contribution < 1.29 is 5.11 Å². The minimum atomic E-state index is 0.175. The molecule has 3 heteroatoms. The summed E-state index contributed by atoms with van der Waals surface area (Å²) in [6, 6.07) is 3.05. The fourth-order valence-electron chi connectivity index (χ4n) is 0.636. The molecule has 0 fully saturated rings. The summed E-state index contributed by atoms with van der Waals surface area (Å²) in [5, 5.41) is 9.93. The monoisotopic (exact) mass is 176 g/mol. The van der Waals surface area contributed by atoms with Gasteiger partial charge in [0, 0.05) is 6.07 Å². The van der Waals surface area contributed by atoms with Crippen LogP contribution >= 0.6 is 23.2 Å². The number of aromatic hydroxyl groups is 1. The van der Waals surface area contributed by atoms with Gasteiger partial charge in [0.1, 0.15) is 5.75 Å². The molecule has 0 aromatic heterocycles. The van der Waals surface area contributed by atoms with E-state index in [4.69, 9.17) is 28.3 Å². The summed E-state index contributed by atoms with van der Waals surface area (Å²) >= 11 is 11.2. The number of halogens is 2. The van der Waals surface area contributed by atoms with E-state index in [-0.39, 0.29) is 5.75 Å². The fourth-order valence-corrected chi connectivity index (χ4v) is 1.01. The van der Waals surface area contributed by atoms with Gasteiger partial charge in [-0.15, -0.1) is 0 Å². The maximum absolute atomic E-state index is 9.08. The molecule has 0 unspecified atom stereocenters. The molecular weight excluding hydrogens is 171 g/mol. The highest BCUT2D eigenvalue weighted by Crippen LogP contribution is 2.28. The standard InChI is InChI=1S/C7H6Cl2O/c1-4-2-5(8)6(9)3-7(4)10/h2-3,10H,1H3. The Hall–Kier alpha value is -0.400. The molecule has 0 spiro atoms. The Morgan fingerprint density at radius 2 is 1.70 bits per heavy atom. The maximum atomic E-state index is 9.08. The molecule has 1 aromatic carbocycles. The Kier molecular flexibility index (Phi) is 2.07. The molecule has 0 heterocycles. The van der Waals surface area contributed by atoms with Gasteiger partial charge in [-0.1, -0.05) is 23.2 Å². The molecule has 1 N–H and O–H groups in total. The summed E-state index contributed by atoms with van der Waals surface area (Å²) in [5.41, 5.74) is 0.731. The lowest BCUT2D eigenvalue weighted by atomic mass is 10.2. The minimum Gasteiger partial charge on any atom is -0.508 e. The first-order chi connectivity index (χ1) is 4.61. The van der Waals surface area contributed by atoms with Gasteiger partial charge in [-0.25, -0.2) is 0 Å². The summed E-state index contributed by atoms with van der Waals surface area (Å²) in [6.07, 6.45) is 0.